The van der Waals surface area contributed by atoms with Gasteiger partial charge >= 0.3 is 0 Å². The molecule has 0 aliphatic carbocycles. The molecule has 0 fully saturated rings. The molecule has 0 radical (unpaired) electrons. The van der Waals surface area contributed by atoms with Gasteiger partial charge in [-0.2, -0.15) is 0 Å². The van der Waals surface area contributed by atoms with E-state index in [9.17, 15) is 4.79 Å². The van der Waals surface area contributed by atoms with E-state index in [-0.39, 0.29) is 5.91 Å². The van der Waals surface area contributed by atoms with Gasteiger partial charge in [-0.25, -0.2) is 0 Å². The lowest BCUT2D eigenvalue weighted by molar-refractivity contribution is 0.0948. The number of para-hydroxylation sites is 1. The molecule has 4 aromatic rings. The van der Waals surface area contributed by atoms with E-state index >= 15 is 0 Å². The number of aryl methyl sites for hydroxylation is 1. The van der Waals surface area contributed by atoms with Crippen LogP contribution in [-0.4, -0.2) is 11.0 Å². The van der Waals surface area contributed by atoms with E-state index in [1.54, 1.807) is 11.3 Å². The number of hydrogen-bond donors (Lipinski definition) is 3. The van der Waals surface area contributed by atoms with Gasteiger partial charge in [-0.1, -0.05) is 43.3 Å². The predicted molar refractivity (Wildman–Crippen MR) is 120 cm³/mol. The third-order valence-corrected chi connectivity index (χ3v) is 6.83. The van der Waals surface area contributed by atoms with Gasteiger partial charge in [-0.3, -0.25) is 15.6 Å². The number of rotatable bonds is 3. The molecule has 27 heavy (non-hydrogen) atoms. The maximum atomic E-state index is 12.5. The molecule has 3 N–H and O–H groups in total. The highest BCUT2D eigenvalue weighted by molar-refractivity contribution is 7.80. The fourth-order valence-electron chi connectivity index (χ4n) is 2.89. The van der Waals surface area contributed by atoms with E-state index in [2.05, 4.69) is 35.2 Å². The van der Waals surface area contributed by atoms with Gasteiger partial charge in [-0.05, 0) is 42.4 Å². The highest BCUT2D eigenvalue weighted by Gasteiger charge is 2.14. The number of anilines is 1. The molecule has 0 saturated carbocycles. The zero-order chi connectivity index (χ0) is 18.8. The van der Waals surface area contributed by atoms with Gasteiger partial charge in [0.25, 0.3) is 5.91 Å². The zero-order valence-electron chi connectivity index (χ0n) is 14.5. The summed E-state index contributed by atoms with van der Waals surface area (Å²) < 4.78 is 3.52. The summed E-state index contributed by atoms with van der Waals surface area (Å²) >= 11 is 8.49. The molecule has 0 unspecified atom stereocenters. The van der Waals surface area contributed by atoms with Crippen LogP contribution in [0.25, 0.3) is 19.5 Å². The van der Waals surface area contributed by atoms with E-state index in [1.165, 1.54) is 27.0 Å². The highest BCUT2D eigenvalue weighted by Crippen LogP contribution is 2.39. The van der Waals surface area contributed by atoms with E-state index in [0.717, 1.165) is 21.5 Å². The average Bonchev–Trinajstić information content (AvgIpc) is 3.24. The Hall–Kier alpha value is -2.48. The molecule has 7 heteroatoms. The van der Waals surface area contributed by atoms with Crippen LogP contribution in [0.15, 0.2) is 54.6 Å². The Morgan fingerprint density at radius 2 is 1.78 bits per heavy atom. The third-order valence-electron chi connectivity index (χ3n) is 4.21. The molecule has 0 aliphatic heterocycles. The monoisotopic (exact) mass is 411 g/mol. The largest absolute Gasteiger partial charge is 0.331 e. The molecule has 2 aromatic heterocycles. The van der Waals surface area contributed by atoms with Gasteiger partial charge < -0.3 is 5.32 Å². The minimum absolute atomic E-state index is 0.194. The van der Waals surface area contributed by atoms with Crippen molar-refractivity contribution < 1.29 is 4.79 Å². The first-order valence-electron chi connectivity index (χ1n) is 8.52. The fourth-order valence-corrected chi connectivity index (χ4v) is 5.47. The Morgan fingerprint density at radius 1 is 1.00 bits per heavy atom. The Labute approximate surface area is 170 Å². The van der Waals surface area contributed by atoms with Crippen LogP contribution in [-0.2, 0) is 6.42 Å². The lowest BCUT2D eigenvalue weighted by Crippen LogP contribution is -2.43. The Balaban J connectivity index is 1.43. The van der Waals surface area contributed by atoms with Crippen molar-refractivity contribution in [2.45, 2.75) is 13.3 Å². The van der Waals surface area contributed by atoms with Crippen molar-refractivity contribution in [3.63, 3.8) is 0 Å². The first kappa shape index (κ1) is 17.9. The van der Waals surface area contributed by atoms with Gasteiger partial charge in [-0.15, -0.1) is 22.7 Å². The van der Waals surface area contributed by atoms with Crippen LogP contribution in [0.2, 0.25) is 0 Å². The number of carbonyl (C=O) groups excluding carboxylic acids is 1. The van der Waals surface area contributed by atoms with Crippen molar-refractivity contribution in [1.29, 1.82) is 0 Å². The second-order valence-electron chi connectivity index (χ2n) is 5.95. The second kappa shape index (κ2) is 7.64. The molecule has 2 heterocycles. The normalized spacial score (nSPS) is 10.9. The third kappa shape index (κ3) is 3.66. The number of carbonyl (C=O) groups is 1. The van der Waals surface area contributed by atoms with E-state index in [4.69, 9.17) is 12.2 Å². The number of hydrazine groups is 1. The number of nitrogens with one attached hydrogen (secondary N) is 3. The molecule has 0 bridgehead atoms. The van der Waals surface area contributed by atoms with Crippen LogP contribution in [0.1, 0.15) is 22.2 Å². The molecule has 0 atom stereocenters. The maximum absolute atomic E-state index is 12.5. The first-order valence-corrected chi connectivity index (χ1v) is 10.6. The summed E-state index contributed by atoms with van der Waals surface area (Å²) in [6.07, 6.45) is 0.901. The Bertz CT molecular complexity index is 1150. The summed E-state index contributed by atoms with van der Waals surface area (Å²) in [7, 11) is 0. The topological polar surface area (TPSA) is 53.2 Å². The standard InChI is InChI=1S/C20H17N3OS3/c1-2-12-7-3-5-9-14(12)21-20(25)23-22-19(24)17-11-16-18(27-17)13-8-4-6-10-15(13)26-16/h3-11H,2H2,1H3,(H,22,24)(H2,21,23,25). The minimum atomic E-state index is -0.194. The van der Waals surface area contributed by atoms with Crippen molar-refractivity contribution in [3.8, 4) is 0 Å². The van der Waals surface area contributed by atoms with E-state index < -0.39 is 0 Å². The van der Waals surface area contributed by atoms with Crippen LogP contribution in [0.3, 0.4) is 0 Å². The molecule has 0 spiro atoms. The summed E-state index contributed by atoms with van der Waals surface area (Å²) in [6, 6.07) is 18.1. The predicted octanol–water partition coefficient (Wildman–Crippen LogP) is 5.31. The van der Waals surface area contributed by atoms with Crippen LogP contribution in [0.5, 0.6) is 0 Å². The molecule has 0 saturated heterocycles. The van der Waals surface area contributed by atoms with Crippen LogP contribution in [0, 0.1) is 0 Å². The molecular formula is C20H17N3OS3. The van der Waals surface area contributed by atoms with E-state index in [1.807, 2.05) is 42.5 Å². The fraction of sp³-hybridized carbons (Fsp3) is 0.100. The van der Waals surface area contributed by atoms with Crippen molar-refractivity contribution in [2.75, 3.05) is 5.32 Å². The van der Waals surface area contributed by atoms with Gasteiger partial charge in [0.2, 0.25) is 0 Å². The van der Waals surface area contributed by atoms with Gasteiger partial charge in [0.15, 0.2) is 5.11 Å². The van der Waals surface area contributed by atoms with Crippen molar-refractivity contribution in [3.05, 3.63) is 65.0 Å². The van der Waals surface area contributed by atoms with Gasteiger partial charge in [0, 0.05) is 20.5 Å². The summed E-state index contributed by atoms with van der Waals surface area (Å²) in [6.45, 7) is 2.09. The zero-order valence-corrected chi connectivity index (χ0v) is 17.0. The number of hydrogen-bond acceptors (Lipinski definition) is 4. The SMILES string of the molecule is CCc1ccccc1NC(=S)NNC(=O)c1cc2sc3ccccc3c2s1. The van der Waals surface area contributed by atoms with Gasteiger partial charge in [0.05, 0.1) is 9.58 Å². The van der Waals surface area contributed by atoms with Crippen LogP contribution < -0.4 is 16.2 Å². The molecule has 4 nitrogen and oxygen atoms in total. The molecule has 0 aliphatic rings. The second-order valence-corrected chi connectivity index (χ2v) is 8.49. The minimum Gasteiger partial charge on any atom is -0.331 e. The summed E-state index contributed by atoms with van der Waals surface area (Å²) in [5, 5.41) is 4.68. The maximum Gasteiger partial charge on any atom is 0.279 e. The molecule has 4 rings (SSSR count). The van der Waals surface area contributed by atoms with Crippen LogP contribution >= 0.6 is 34.9 Å². The smallest absolute Gasteiger partial charge is 0.279 e. The van der Waals surface area contributed by atoms with Crippen LogP contribution in [0.4, 0.5) is 5.69 Å². The van der Waals surface area contributed by atoms with Gasteiger partial charge in [0.1, 0.15) is 0 Å². The van der Waals surface area contributed by atoms with E-state index in [0.29, 0.717) is 9.99 Å². The summed E-state index contributed by atoms with van der Waals surface area (Å²) in [4.78, 5) is 13.1. The number of benzene rings is 2. The summed E-state index contributed by atoms with van der Waals surface area (Å²) in [5.74, 6) is -0.194. The lowest BCUT2D eigenvalue weighted by atomic mass is 10.1. The molecule has 136 valence electrons. The molecule has 1 amide bonds. The highest BCUT2D eigenvalue weighted by atomic mass is 32.1. The quantitative estimate of drug-likeness (QED) is 0.316. The molecule has 2 aromatic carbocycles. The Kier molecular flexibility index (Phi) is 5.07. The van der Waals surface area contributed by atoms with Crippen molar-refractivity contribution in [2.24, 2.45) is 0 Å². The summed E-state index contributed by atoms with van der Waals surface area (Å²) in [5.41, 5.74) is 7.57. The molecular weight excluding hydrogens is 394 g/mol. The number of amides is 1. The lowest BCUT2D eigenvalue weighted by Gasteiger charge is -2.13. The first-order chi connectivity index (χ1) is 13.2. The number of thiophene rings is 2. The average molecular weight is 412 g/mol. The van der Waals surface area contributed by atoms with Crippen molar-refractivity contribution in [1.82, 2.24) is 10.9 Å². The number of thiocarbonyl (C=S) groups is 1. The van der Waals surface area contributed by atoms with Crippen molar-refractivity contribution >= 4 is 71.1 Å². The Morgan fingerprint density at radius 3 is 2.63 bits per heavy atom. The number of fused-ring (bicyclic) bond motifs is 3.